The molecule has 0 radical (unpaired) electrons. The molecule has 7 heteroatoms. The summed E-state index contributed by atoms with van der Waals surface area (Å²) in [5, 5.41) is 10.3. The molecule has 2 N–H and O–H groups in total. The Morgan fingerprint density at radius 1 is 1.39 bits per heavy atom. The van der Waals surface area contributed by atoms with Gasteiger partial charge < -0.3 is 20.1 Å². The van der Waals surface area contributed by atoms with E-state index in [1.807, 2.05) is 27.1 Å². The lowest BCUT2D eigenvalue weighted by molar-refractivity contribution is -0.138. The fourth-order valence-electron chi connectivity index (χ4n) is 3.14. The van der Waals surface area contributed by atoms with Crippen LogP contribution in [0.25, 0.3) is 0 Å². The molecule has 1 aromatic rings. The SMILES string of the molecule is CN=C(NCc1cc(C)no1)NCC1(C(=O)N(C)C)CCCC1. The second-order valence-electron chi connectivity index (χ2n) is 6.40. The molecule has 0 atom stereocenters. The van der Waals surface area contributed by atoms with Gasteiger partial charge in [-0.05, 0) is 19.8 Å². The Kier molecular flexibility index (Phi) is 5.63. The Balaban J connectivity index is 1.92. The van der Waals surface area contributed by atoms with Crippen molar-refractivity contribution in [3.05, 3.63) is 17.5 Å². The van der Waals surface area contributed by atoms with Crippen molar-refractivity contribution in [2.45, 2.75) is 39.2 Å². The van der Waals surface area contributed by atoms with E-state index in [0.717, 1.165) is 37.1 Å². The first kappa shape index (κ1) is 17.3. The molecular weight excluding hydrogens is 294 g/mol. The first-order valence-electron chi connectivity index (χ1n) is 8.05. The summed E-state index contributed by atoms with van der Waals surface area (Å²) in [5.41, 5.74) is 0.537. The summed E-state index contributed by atoms with van der Waals surface area (Å²) >= 11 is 0. The molecule has 0 unspecified atom stereocenters. The van der Waals surface area contributed by atoms with Crippen molar-refractivity contribution in [2.75, 3.05) is 27.7 Å². The van der Waals surface area contributed by atoms with Crippen LogP contribution in [-0.2, 0) is 11.3 Å². The minimum atomic E-state index is -0.316. The van der Waals surface area contributed by atoms with E-state index in [0.29, 0.717) is 19.0 Å². The third-order valence-corrected chi connectivity index (χ3v) is 4.35. The Morgan fingerprint density at radius 2 is 2.09 bits per heavy atom. The number of carbonyl (C=O) groups excluding carboxylic acids is 1. The summed E-state index contributed by atoms with van der Waals surface area (Å²) in [6.45, 7) is 2.99. The van der Waals surface area contributed by atoms with E-state index in [1.165, 1.54) is 0 Å². The number of aryl methyl sites for hydroxylation is 1. The number of hydrogen-bond donors (Lipinski definition) is 2. The first-order valence-corrected chi connectivity index (χ1v) is 8.05. The van der Waals surface area contributed by atoms with E-state index in [1.54, 1.807) is 11.9 Å². The zero-order chi connectivity index (χ0) is 16.9. The molecule has 1 aliphatic carbocycles. The lowest BCUT2D eigenvalue weighted by atomic mass is 9.84. The third-order valence-electron chi connectivity index (χ3n) is 4.35. The van der Waals surface area contributed by atoms with Crippen molar-refractivity contribution in [1.82, 2.24) is 20.7 Å². The van der Waals surface area contributed by atoms with Crippen LogP contribution in [-0.4, -0.2) is 49.6 Å². The first-order chi connectivity index (χ1) is 11.0. The molecule has 1 fully saturated rings. The van der Waals surface area contributed by atoms with Crippen LogP contribution in [0.3, 0.4) is 0 Å². The van der Waals surface area contributed by atoms with Gasteiger partial charge in [0, 0.05) is 33.8 Å². The Morgan fingerprint density at radius 3 is 2.61 bits per heavy atom. The molecule has 128 valence electrons. The Labute approximate surface area is 137 Å². The highest BCUT2D eigenvalue weighted by Crippen LogP contribution is 2.38. The van der Waals surface area contributed by atoms with E-state index < -0.39 is 0 Å². The number of aromatic nitrogens is 1. The van der Waals surface area contributed by atoms with E-state index in [-0.39, 0.29) is 11.3 Å². The summed E-state index contributed by atoms with van der Waals surface area (Å²) in [6.07, 6.45) is 4.06. The van der Waals surface area contributed by atoms with Crippen LogP contribution in [0.4, 0.5) is 0 Å². The lowest BCUT2D eigenvalue weighted by Gasteiger charge is -2.31. The van der Waals surface area contributed by atoms with Crippen molar-refractivity contribution >= 4 is 11.9 Å². The van der Waals surface area contributed by atoms with Gasteiger partial charge in [0.25, 0.3) is 0 Å². The topological polar surface area (TPSA) is 82.8 Å². The molecule has 1 saturated carbocycles. The maximum Gasteiger partial charge on any atom is 0.230 e. The Hall–Kier alpha value is -2.05. The summed E-state index contributed by atoms with van der Waals surface area (Å²) in [5.74, 6) is 1.62. The average molecular weight is 321 g/mol. The number of amides is 1. The maximum atomic E-state index is 12.6. The fraction of sp³-hybridized carbons (Fsp3) is 0.688. The van der Waals surface area contributed by atoms with Gasteiger partial charge in [0.1, 0.15) is 0 Å². The van der Waals surface area contributed by atoms with Gasteiger partial charge in [-0.3, -0.25) is 9.79 Å². The van der Waals surface area contributed by atoms with E-state index in [9.17, 15) is 4.79 Å². The molecule has 0 aromatic carbocycles. The summed E-state index contributed by atoms with van der Waals surface area (Å²) < 4.78 is 5.17. The molecule has 1 aromatic heterocycles. The van der Waals surface area contributed by atoms with Crippen LogP contribution in [0.5, 0.6) is 0 Å². The number of carbonyl (C=O) groups is 1. The third kappa shape index (κ3) is 4.24. The Bertz CT molecular complexity index is 559. The molecule has 1 amide bonds. The van der Waals surface area contributed by atoms with Crippen molar-refractivity contribution in [2.24, 2.45) is 10.4 Å². The van der Waals surface area contributed by atoms with Crippen molar-refractivity contribution < 1.29 is 9.32 Å². The maximum absolute atomic E-state index is 12.6. The normalized spacial score (nSPS) is 17.1. The van der Waals surface area contributed by atoms with E-state index in [4.69, 9.17) is 4.52 Å². The number of nitrogens with one attached hydrogen (secondary N) is 2. The molecule has 1 heterocycles. The minimum Gasteiger partial charge on any atom is -0.359 e. The van der Waals surface area contributed by atoms with Gasteiger partial charge in [-0.15, -0.1) is 0 Å². The van der Waals surface area contributed by atoms with Crippen LogP contribution >= 0.6 is 0 Å². The van der Waals surface area contributed by atoms with E-state index in [2.05, 4.69) is 20.8 Å². The minimum absolute atomic E-state index is 0.198. The van der Waals surface area contributed by atoms with Crippen molar-refractivity contribution in [3.8, 4) is 0 Å². The number of aliphatic imine (C=N–C) groups is 1. The number of nitrogens with zero attached hydrogens (tertiary/aromatic N) is 3. The molecular formula is C16H27N5O2. The van der Waals surface area contributed by atoms with Crippen LogP contribution < -0.4 is 10.6 Å². The van der Waals surface area contributed by atoms with Crippen LogP contribution in [0.2, 0.25) is 0 Å². The quantitative estimate of drug-likeness (QED) is 0.631. The summed E-state index contributed by atoms with van der Waals surface area (Å²) in [7, 11) is 5.36. The van der Waals surface area contributed by atoms with Gasteiger partial charge in [0.2, 0.25) is 5.91 Å². The fourth-order valence-corrected chi connectivity index (χ4v) is 3.14. The van der Waals surface area contributed by atoms with Gasteiger partial charge in [-0.1, -0.05) is 18.0 Å². The summed E-state index contributed by atoms with van der Waals surface area (Å²) in [6, 6.07) is 1.88. The molecule has 2 rings (SSSR count). The van der Waals surface area contributed by atoms with Crippen LogP contribution in [0, 0.1) is 12.3 Å². The second-order valence-corrected chi connectivity index (χ2v) is 6.40. The zero-order valence-electron chi connectivity index (χ0n) is 14.5. The van der Waals surface area contributed by atoms with Gasteiger partial charge in [-0.25, -0.2) is 0 Å². The molecule has 0 aliphatic heterocycles. The molecule has 0 spiro atoms. The average Bonchev–Trinajstić information content (AvgIpc) is 3.16. The predicted molar refractivity (Wildman–Crippen MR) is 89.0 cm³/mol. The number of guanidine groups is 1. The van der Waals surface area contributed by atoms with Gasteiger partial charge in [0.05, 0.1) is 17.7 Å². The second kappa shape index (κ2) is 7.48. The van der Waals surface area contributed by atoms with Crippen LogP contribution in [0.15, 0.2) is 15.6 Å². The predicted octanol–water partition coefficient (Wildman–Crippen LogP) is 1.30. The van der Waals surface area contributed by atoms with Crippen molar-refractivity contribution in [3.63, 3.8) is 0 Å². The van der Waals surface area contributed by atoms with Gasteiger partial charge in [0.15, 0.2) is 11.7 Å². The zero-order valence-corrected chi connectivity index (χ0v) is 14.5. The number of rotatable bonds is 5. The molecule has 7 nitrogen and oxygen atoms in total. The highest BCUT2D eigenvalue weighted by Gasteiger charge is 2.42. The lowest BCUT2D eigenvalue weighted by Crippen LogP contribution is -2.49. The van der Waals surface area contributed by atoms with Crippen molar-refractivity contribution in [1.29, 1.82) is 0 Å². The van der Waals surface area contributed by atoms with Gasteiger partial charge >= 0.3 is 0 Å². The smallest absolute Gasteiger partial charge is 0.230 e. The number of hydrogen-bond acceptors (Lipinski definition) is 4. The molecule has 0 saturated heterocycles. The van der Waals surface area contributed by atoms with Crippen LogP contribution in [0.1, 0.15) is 37.1 Å². The molecule has 23 heavy (non-hydrogen) atoms. The largest absolute Gasteiger partial charge is 0.359 e. The molecule has 1 aliphatic rings. The highest BCUT2D eigenvalue weighted by atomic mass is 16.5. The summed E-state index contributed by atoms with van der Waals surface area (Å²) in [4.78, 5) is 18.5. The monoisotopic (exact) mass is 321 g/mol. The highest BCUT2D eigenvalue weighted by molar-refractivity contribution is 5.85. The van der Waals surface area contributed by atoms with Gasteiger partial charge in [-0.2, -0.15) is 0 Å². The van der Waals surface area contributed by atoms with E-state index >= 15 is 0 Å². The molecule has 0 bridgehead atoms. The standard InChI is InChI=1S/C16H27N5O2/c1-12-9-13(23-20-12)10-18-15(17-2)19-11-16(7-5-6-8-16)14(22)21(3)4/h9H,5-8,10-11H2,1-4H3,(H2,17,18,19).